The summed E-state index contributed by atoms with van der Waals surface area (Å²) in [5.74, 6) is -0.315. The molecule has 1 aliphatic carbocycles. The van der Waals surface area contributed by atoms with E-state index in [2.05, 4.69) is 4.98 Å². The average Bonchev–Trinajstić information content (AvgIpc) is 2.29. The minimum Gasteiger partial charge on any atom is -0.313 e. The van der Waals surface area contributed by atoms with Crippen LogP contribution < -0.4 is 11.2 Å². The number of aromatic nitrogens is 2. The predicted octanol–water partition coefficient (Wildman–Crippen LogP) is 1.42. The summed E-state index contributed by atoms with van der Waals surface area (Å²) in [6.45, 7) is 3.26. The zero-order chi connectivity index (χ0) is 13.3. The van der Waals surface area contributed by atoms with E-state index in [1.165, 1.54) is 17.7 Å². The van der Waals surface area contributed by atoms with Gasteiger partial charge in [-0.15, -0.1) is 0 Å². The Balaban J connectivity index is 2.63. The first-order valence-electron chi connectivity index (χ1n) is 6.32. The van der Waals surface area contributed by atoms with Crippen LogP contribution in [-0.4, -0.2) is 15.3 Å². The molecule has 0 unspecified atom stereocenters. The van der Waals surface area contributed by atoms with Gasteiger partial charge < -0.3 is 4.98 Å². The van der Waals surface area contributed by atoms with Crippen molar-refractivity contribution in [2.75, 3.05) is 0 Å². The van der Waals surface area contributed by atoms with Crippen molar-refractivity contribution in [2.24, 2.45) is 0 Å². The Hall–Kier alpha value is -1.65. The molecule has 1 N–H and O–H groups in total. The number of H-pyrrole nitrogens is 1. The number of nitrogens with zero attached hydrogens (tertiary/aromatic N) is 1. The molecule has 2 rings (SSSR count). The van der Waals surface area contributed by atoms with Crippen LogP contribution in [0.15, 0.2) is 15.8 Å². The summed E-state index contributed by atoms with van der Waals surface area (Å²) >= 11 is 0. The van der Waals surface area contributed by atoms with Crippen LogP contribution in [0, 0.1) is 0 Å². The van der Waals surface area contributed by atoms with E-state index < -0.39 is 16.8 Å². The lowest BCUT2D eigenvalue weighted by atomic mass is 9.83. The number of hydrogen-bond acceptors (Lipinski definition) is 3. The van der Waals surface area contributed by atoms with Crippen molar-refractivity contribution in [1.82, 2.24) is 9.55 Å². The SMILES string of the molecule is CC(=O)c1c[nH]c(=O)n(C2(C)CCCCC2)c1=O. The smallest absolute Gasteiger partial charge is 0.313 e. The van der Waals surface area contributed by atoms with Crippen LogP contribution in [0.5, 0.6) is 0 Å². The first-order valence-corrected chi connectivity index (χ1v) is 6.32. The minimum atomic E-state index is -0.464. The molecule has 98 valence electrons. The molecule has 1 aliphatic rings. The number of nitrogens with one attached hydrogen (secondary N) is 1. The van der Waals surface area contributed by atoms with Gasteiger partial charge >= 0.3 is 5.69 Å². The van der Waals surface area contributed by atoms with Crippen LogP contribution in [0.4, 0.5) is 0 Å². The summed E-state index contributed by atoms with van der Waals surface area (Å²) in [6.07, 6.45) is 5.97. The molecular weight excluding hydrogens is 232 g/mol. The molecule has 1 heterocycles. The second-order valence-electron chi connectivity index (χ2n) is 5.26. The Bertz CT molecular complexity index is 577. The summed E-state index contributed by atoms with van der Waals surface area (Å²) in [7, 11) is 0. The van der Waals surface area contributed by atoms with Gasteiger partial charge in [-0.05, 0) is 26.7 Å². The highest BCUT2D eigenvalue weighted by molar-refractivity contribution is 5.93. The van der Waals surface area contributed by atoms with Crippen LogP contribution in [0.1, 0.15) is 56.3 Å². The van der Waals surface area contributed by atoms with Gasteiger partial charge in [0.05, 0.1) is 5.56 Å². The van der Waals surface area contributed by atoms with E-state index >= 15 is 0 Å². The monoisotopic (exact) mass is 250 g/mol. The Morgan fingerprint density at radius 3 is 2.44 bits per heavy atom. The van der Waals surface area contributed by atoms with Gasteiger partial charge in [-0.3, -0.25) is 14.2 Å². The van der Waals surface area contributed by atoms with Crippen LogP contribution >= 0.6 is 0 Å². The summed E-state index contributed by atoms with van der Waals surface area (Å²) in [6, 6.07) is 0. The van der Waals surface area contributed by atoms with Crippen LogP contribution in [0.3, 0.4) is 0 Å². The maximum atomic E-state index is 12.3. The van der Waals surface area contributed by atoms with E-state index in [1.54, 1.807) is 0 Å². The first kappa shape index (κ1) is 12.8. The zero-order valence-electron chi connectivity index (χ0n) is 10.8. The topological polar surface area (TPSA) is 71.9 Å². The predicted molar refractivity (Wildman–Crippen MR) is 68.1 cm³/mol. The largest absolute Gasteiger partial charge is 0.328 e. The maximum Gasteiger partial charge on any atom is 0.328 e. The van der Waals surface area contributed by atoms with Crippen LogP contribution in [0.2, 0.25) is 0 Å². The molecule has 0 bridgehead atoms. The first-order chi connectivity index (χ1) is 8.46. The molecular formula is C13H18N2O3. The Labute approximate surface area is 105 Å². The van der Waals surface area contributed by atoms with Crippen LogP contribution in [-0.2, 0) is 5.54 Å². The van der Waals surface area contributed by atoms with Crippen LogP contribution in [0.25, 0.3) is 0 Å². The van der Waals surface area contributed by atoms with Gasteiger partial charge in [0.25, 0.3) is 5.56 Å². The lowest BCUT2D eigenvalue weighted by Gasteiger charge is -2.34. The summed E-state index contributed by atoms with van der Waals surface area (Å²) < 4.78 is 1.24. The molecule has 0 atom stereocenters. The molecule has 1 aromatic heterocycles. The quantitative estimate of drug-likeness (QED) is 0.807. The second-order valence-corrected chi connectivity index (χ2v) is 5.26. The molecule has 0 spiro atoms. The lowest BCUT2D eigenvalue weighted by molar-refractivity contribution is 0.101. The molecule has 1 aromatic rings. The molecule has 0 aliphatic heterocycles. The van der Waals surface area contributed by atoms with Gasteiger partial charge in [-0.25, -0.2) is 4.79 Å². The molecule has 5 heteroatoms. The Kier molecular flexibility index (Phi) is 3.24. The summed E-state index contributed by atoms with van der Waals surface area (Å²) in [4.78, 5) is 38.1. The second kappa shape index (κ2) is 4.55. The van der Waals surface area contributed by atoms with Crippen molar-refractivity contribution in [2.45, 2.75) is 51.5 Å². The number of rotatable bonds is 2. The lowest BCUT2D eigenvalue weighted by Crippen LogP contribution is -2.50. The molecule has 1 saturated carbocycles. The van der Waals surface area contributed by atoms with E-state index in [9.17, 15) is 14.4 Å². The van der Waals surface area contributed by atoms with E-state index in [-0.39, 0.29) is 11.3 Å². The number of Topliss-reactive ketones (excluding diaryl/α,β-unsaturated/α-hetero) is 1. The number of aromatic amines is 1. The highest BCUT2D eigenvalue weighted by atomic mass is 16.2. The summed E-state index contributed by atoms with van der Waals surface area (Å²) in [5.41, 5.74) is -1.29. The van der Waals surface area contributed by atoms with Gasteiger partial charge in [0.15, 0.2) is 5.78 Å². The van der Waals surface area contributed by atoms with Gasteiger partial charge in [0, 0.05) is 11.7 Å². The Morgan fingerprint density at radius 2 is 1.89 bits per heavy atom. The van der Waals surface area contributed by atoms with E-state index in [0.717, 1.165) is 32.1 Å². The fourth-order valence-electron chi connectivity index (χ4n) is 2.75. The van der Waals surface area contributed by atoms with E-state index in [1.807, 2.05) is 6.92 Å². The average molecular weight is 250 g/mol. The third kappa shape index (κ3) is 2.05. The molecule has 0 radical (unpaired) electrons. The van der Waals surface area contributed by atoms with Gasteiger partial charge in [-0.1, -0.05) is 19.3 Å². The highest BCUT2D eigenvalue weighted by Gasteiger charge is 2.32. The molecule has 1 fully saturated rings. The standard InChI is InChI=1S/C13H18N2O3/c1-9(16)10-8-14-12(18)15(11(10)17)13(2)6-4-3-5-7-13/h8H,3-7H2,1-2H3,(H,14,18). The molecule has 5 nitrogen and oxygen atoms in total. The van der Waals surface area contributed by atoms with Gasteiger partial charge in [0.1, 0.15) is 0 Å². The Morgan fingerprint density at radius 1 is 1.28 bits per heavy atom. The zero-order valence-corrected chi connectivity index (χ0v) is 10.8. The van der Waals surface area contributed by atoms with Gasteiger partial charge in [0.2, 0.25) is 0 Å². The number of ketones is 1. The minimum absolute atomic E-state index is 0.0569. The summed E-state index contributed by atoms with van der Waals surface area (Å²) in [5, 5.41) is 0. The number of carbonyl (C=O) groups excluding carboxylic acids is 1. The molecule has 0 aromatic carbocycles. The van der Waals surface area contributed by atoms with Crippen molar-refractivity contribution < 1.29 is 4.79 Å². The maximum absolute atomic E-state index is 12.3. The molecule has 0 amide bonds. The number of carbonyl (C=O) groups is 1. The highest BCUT2D eigenvalue weighted by Crippen LogP contribution is 2.32. The molecule has 0 saturated heterocycles. The van der Waals surface area contributed by atoms with E-state index in [4.69, 9.17) is 0 Å². The van der Waals surface area contributed by atoms with Crippen molar-refractivity contribution in [1.29, 1.82) is 0 Å². The van der Waals surface area contributed by atoms with Crippen molar-refractivity contribution in [3.8, 4) is 0 Å². The third-order valence-corrected chi connectivity index (χ3v) is 3.83. The normalized spacial score (nSPS) is 18.6. The van der Waals surface area contributed by atoms with Gasteiger partial charge in [-0.2, -0.15) is 0 Å². The third-order valence-electron chi connectivity index (χ3n) is 3.83. The van der Waals surface area contributed by atoms with Crippen molar-refractivity contribution in [3.63, 3.8) is 0 Å². The number of hydrogen-bond donors (Lipinski definition) is 1. The fraction of sp³-hybridized carbons (Fsp3) is 0.615. The van der Waals surface area contributed by atoms with E-state index in [0.29, 0.717) is 0 Å². The van der Waals surface area contributed by atoms with Crippen molar-refractivity contribution in [3.05, 3.63) is 32.6 Å². The fourth-order valence-corrected chi connectivity index (χ4v) is 2.75. The molecule has 18 heavy (non-hydrogen) atoms. The van der Waals surface area contributed by atoms with Crippen molar-refractivity contribution >= 4 is 5.78 Å².